The minimum atomic E-state index is -0.511. The van der Waals surface area contributed by atoms with Gasteiger partial charge in [0.2, 0.25) is 5.91 Å². The number of hydrogen-bond acceptors (Lipinski definition) is 5. The van der Waals surface area contributed by atoms with Crippen molar-refractivity contribution < 1.29 is 9.53 Å². The van der Waals surface area contributed by atoms with Gasteiger partial charge in [0.25, 0.3) is 0 Å². The summed E-state index contributed by atoms with van der Waals surface area (Å²) in [6, 6.07) is 28.5. The normalized spacial score (nSPS) is 11.4. The predicted molar refractivity (Wildman–Crippen MR) is 142 cm³/mol. The Bertz CT molecular complexity index is 1390. The highest BCUT2D eigenvalue weighted by molar-refractivity contribution is 8.00. The summed E-state index contributed by atoms with van der Waals surface area (Å²) in [6.45, 7) is 1.79. The fourth-order valence-electron chi connectivity index (χ4n) is 3.50. The fourth-order valence-corrected chi connectivity index (χ4v) is 4.62. The minimum absolute atomic E-state index is 0.209. The van der Waals surface area contributed by atoms with Crippen molar-refractivity contribution in [2.45, 2.75) is 17.2 Å². The Morgan fingerprint density at radius 2 is 1.77 bits per heavy atom. The van der Waals surface area contributed by atoms with Gasteiger partial charge in [0.15, 0.2) is 0 Å². The number of ether oxygens (including phenoxy) is 1. The summed E-state index contributed by atoms with van der Waals surface area (Å²) < 4.78 is 5.27. The first-order valence-electron chi connectivity index (χ1n) is 10.9. The number of nitrogens with zero attached hydrogens (tertiary/aromatic N) is 2. The maximum atomic E-state index is 12.9. The molecule has 0 fully saturated rings. The second-order valence-electron chi connectivity index (χ2n) is 7.70. The summed E-state index contributed by atoms with van der Waals surface area (Å²) in [4.78, 5) is 17.7. The Morgan fingerprint density at radius 1 is 1.03 bits per heavy atom. The van der Waals surface area contributed by atoms with Crippen LogP contribution in [0, 0.1) is 11.3 Å². The summed E-state index contributed by atoms with van der Waals surface area (Å²) in [5, 5.41) is 13.5. The average molecular weight is 500 g/mol. The molecule has 0 aliphatic heterocycles. The molecule has 0 spiro atoms. The van der Waals surface area contributed by atoms with Gasteiger partial charge in [-0.25, -0.2) is 4.98 Å². The van der Waals surface area contributed by atoms with Crippen molar-refractivity contribution in [2.75, 3.05) is 12.4 Å². The molecule has 174 valence electrons. The largest absolute Gasteiger partial charge is 0.497 e. The molecule has 5 nitrogen and oxygen atoms in total. The van der Waals surface area contributed by atoms with E-state index in [2.05, 4.69) is 11.4 Å². The topological polar surface area (TPSA) is 75.0 Å². The molecule has 35 heavy (non-hydrogen) atoms. The van der Waals surface area contributed by atoms with E-state index in [1.807, 2.05) is 60.7 Å². The van der Waals surface area contributed by atoms with Gasteiger partial charge in [-0.15, -0.1) is 0 Å². The number of halogens is 1. The van der Waals surface area contributed by atoms with Crippen LogP contribution >= 0.6 is 23.4 Å². The zero-order valence-electron chi connectivity index (χ0n) is 19.2. The molecule has 0 saturated carbocycles. The molecule has 1 heterocycles. The molecule has 7 heteroatoms. The van der Waals surface area contributed by atoms with Crippen molar-refractivity contribution >= 4 is 35.0 Å². The number of rotatable bonds is 7. The number of aromatic nitrogens is 1. The van der Waals surface area contributed by atoms with Gasteiger partial charge in [-0.2, -0.15) is 5.26 Å². The van der Waals surface area contributed by atoms with E-state index in [1.165, 1.54) is 11.8 Å². The molecule has 1 N–H and O–H groups in total. The van der Waals surface area contributed by atoms with Crippen LogP contribution in [0.2, 0.25) is 5.02 Å². The van der Waals surface area contributed by atoms with E-state index >= 15 is 0 Å². The van der Waals surface area contributed by atoms with E-state index in [9.17, 15) is 10.1 Å². The quantitative estimate of drug-likeness (QED) is 0.275. The Hall–Kier alpha value is -3.79. The van der Waals surface area contributed by atoms with Gasteiger partial charge in [-0.1, -0.05) is 59.8 Å². The number of benzene rings is 3. The summed E-state index contributed by atoms with van der Waals surface area (Å²) in [5.41, 5.74) is 4.29. The van der Waals surface area contributed by atoms with E-state index in [4.69, 9.17) is 21.3 Å². The highest BCUT2D eigenvalue weighted by Crippen LogP contribution is 2.36. The first kappa shape index (κ1) is 24.3. The van der Waals surface area contributed by atoms with Crippen LogP contribution in [0.4, 0.5) is 5.69 Å². The molecule has 1 unspecified atom stereocenters. The first-order valence-corrected chi connectivity index (χ1v) is 12.1. The molecule has 1 aromatic heterocycles. The summed E-state index contributed by atoms with van der Waals surface area (Å²) in [7, 11) is 1.62. The van der Waals surface area contributed by atoms with Crippen LogP contribution < -0.4 is 10.1 Å². The zero-order chi connectivity index (χ0) is 24.8. The van der Waals surface area contributed by atoms with Gasteiger partial charge >= 0.3 is 0 Å². The van der Waals surface area contributed by atoms with Gasteiger partial charge in [0, 0.05) is 21.8 Å². The van der Waals surface area contributed by atoms with E-state index in [0.29, 0.717) is 27.0 Å². The van der Waals surface area contributed by atoms with E-state index < -0.39 is 5.25 Å². The zero-order valence-corrected chi connectivity index (χ0v) is 20.7. The van der Waals surface area contributed by atoms with Gasteiger partial charge in [0.1, 0.15) is 16.8 Å². The highest BCUT2D eigenvalue weighted by atomic mass is 35.5. The lowest BCUT2D eigenvalue weighted by molar-refractivity contribution is -0.115. The first-order chi connectivity index (χ1) is 17.0. The van der Waals surface area contributed by atoms with Crippen molar-refractivity contribution in [1.29, 1.82) is 5.26 Å². The van der Waals surface area contributed by atoms with Crippen LogP contribution in [0.25, 0.3) is 22.4 Å². The molecule has 0 bridgehead atoms. The highest BCUT2D eigenvalue weighted by Gasteiger charge is 2.21. The third-order valence-electron chi connectivity index (χ3n) is 5.32. The Morgan fingerprint density at radius 3 is 2.43 bits per heavy atom. The van der Waals surface area contributed by atoms with Crippen LogP contribution in [0.3, 0.4) is 0 Å². The molecule has 0 aliphatic rings. The maximum Gasteiger partial charge on any atom is 0.237 e. The molecular weight excluding hydrogens is 478 g/mol. The molecule has 1 atom stereocenters. The number of thioether (sulfide) groups is 1. The number of methoxy groups -OCH3 is 1. The number of nitrogens with one attached hydrogen (secondary N) is 1. The van der Waals surface area contributed by atoms with E-state index in [1.54, 1.807) is 38.3 Å². The maximum absolute atomic E-state index is 12.9. The van der Waals surface area contributed by atoms with E-state index in [-0.39, 0.29) is 5.91 Å². The molecule has 1 amide bonds. The lowest BCUT2D eigenvalue weighted by atomic mass is 9.99. The van der Waals surface area contributed by atoms with Gasteiger partial charge < -0.3 is 10.1 Å². The third kappa shape index (κ3) is 5.83. The van der Waals surface area contributed by atoms with Gasteiger partial charge in [0.05, 0.1) is 23.6 Å². The molecule has 4 aromatic rings. The van der Waals surface area contributed by atoms with E-state index in [0.717, 1.165) is 22.4 Å². The average Bonchev–Trinajstić information content (AvgIpc) is 2.88. The molecular formula is C28H22ClN3O2S. The summed E-state index contributed by atoms with van der Waals surface area (Å²) in [5.74, 6) is 0.533. The van der Waals surface area contributed by atoms with Crippen molar-refractivity contribution in [3.05, 3.63) is 95.5 Å². The number of amides is 1. The van der Waals surface area contributed by atoms with Crippen LogP contribution in [0.1, 0.15) is 12.5 Å². The Labute approximate surface area is 213 Å². The van der Waals surface area contributed by atoms with Crippen molar-refractivity contribution in [3.63, 3.8) is 0 Å². The smallest absolute Gasteiger partial charge is 0.237 e. The lowest BCUT2D eigenvalue weighted by Gasteiger charge is -2.16. The van der Waals surface area contributed by atoms with Gasteiger partial charge in [-0.05, 0) is 61.0 Å². The van der Waals surface area contributed by atoms with Crippen LogP contribution in [-0.4, -0.2) is 23.3 Å². The van der Waals surface area contributed by atoms with Crippen molar-refractivity contribution in [1.82, 2.24) is 4.98 Å². The van der Waals surface area contributed by atoms with Crippen LogP contribution in [0.5, 0.6) is 5.75 Å². The lowest BCUT2D eigenvalue weighted by Crippen LogP contribution is -2.22. The second kappa shape index (κ2) is 11.1. The number of hydrogen-bond donors (Lipinski definition) is 1. The molecule has 0 saturated heterocycles. The third-order valence-corrected chi connectivity index (χ3v) is 6.64. The summed E-state index contributed by atoms with van der Waals surface area (Å²) in [6.07, 6.45) is 0. The minimum Gasteiger partial charge on any atom is -0.497 e. The SMILES string of the molecule is COc1ccc(-c2cc(-c3ccccc3)c(C#N)c(SC(C)C(=O)Nc3cccc(Cl)c3)n2)cc1. The predicted octanol–water partition coefficient (Wildman–Crippen LogP) is 7.07. The molecule has 3 aromatic carbocycles. The molecule has 0 radical (unpaired) electrons. The number of anilines is 1. The van der Waals surface area contributed by atoms with Crippen LogP contribution in [-0.2, 0) is 4.79 Å². The number of carbonyl (C=O) groups is 1. The second-order valence-corrected chi connectivity index (χ2v) is 9.47. The monoisotopic (exact) mass is 499 g/mol. The van der Waals surface area contributed by atoms with Gasteiger partial charge in [-0.3, -0.25) is 4.79 Å². The number of carbonyl (C=O) groups excluding carboxylic acids is 1. The van der Waals surface area contributed by atoms with Crippen molar-refractivity contribution in [2.24, 2.45) is 0 Å². The fraction of sp³-hybridized carbons (Fsp3) is 0.107. The van der Waals surface area contributed by atoms with Crippen molar-refractivity contribution in [3.8, 4) is 34.2 Å². The standard InChI is InChI=1S/C28H22ClN3O2S/c1-18(27(33)31-22-10-6-9-21(29)15-22)35-28-25(17-30)24(19-7-4-3-5-8-19)16-26(32-28)20-11-13-23(34-2)14-12-20/h3-16,18H,1-2H3,(H,31,33). The molecule has 0 aliphatic carbocycles. The number of nitriles is 1. The number of pyridine rings is 1. The Kier molecular flexibility index (Phi) is 7.71. The Balaban J connectivity index is 1.72. The summed E-state index contributed by atoms with van der Waals surface area (Å²) >= 11 is 7.29. The molecule has 4 rings (SSSR count). The van der Waals surface area contributed by atoms with Crippen LogP contribution in [0.15, 0.2) is 90.0 Å².